The van der Waals surface area contributed by atoms with Crippen molar-refractivity contribution in [2.45, 2.75) is 25.8 Å². The minimum Gasteiger partial charge on any atom is -0.378 e. The Hall–Kier alpha value is -1.81. The van der Waals surface area contributed by atoms with Gasteiger partial charge in [-0.15, -0.1) is 0 Å². The van der Waals surface area contributed by atoms with Crippen molar-refractivity contribution in [2.24, 2.45) is 5.73 Å². The van der Waals surface area contributed by atoms with Crippen molar-refractivity contribution in [3.63, 3.8) is 0 Å². The molecule has 0 fully saturated rings. The Bertz CT molecular complexity index is 712. The van der Waals surface area contributed by atoms with E-state index in [0.29, 0.717) is 11.6 Å². The molecule has 2 aromatic carbocycles. The maximum Gasteiger partial charge on any atom is 0.248 e. The number of hydrogen-bond acceptors (Lipinski definition) is 2. The number of benzene rings is 2. The number of carbonyl (C=O) groups excluding carboxylic acids is 1. The van der Waals surface area contributed by atoms with Gasteiger partial charge < -0.3 is 11.1 Å². The summed E-state index contributed by atoms with van der Waals surface area (Å²) in [7, 11) is 0. The summed E-state index contributed by atoms with van der Waals surface area (Å²) in [4.78, 5) is 11.2. The maximum absolute atomic E-state index is 11.2. The van der Waals surface area contributed by atoms with Crippen LogP contribution in [0.4, 0.5) is 5.69 Å². The number of nitrogens with two attached hydrogens (primary N) is 1. The predicted molar refractivity (Wildman–Crippen MR) is 88.5 cm³/mol. The zero-order chi connectivity index (χ0) is 15.0. The molecule has 3 rings (SSSR count). The lowest BCUT2D eigenvalue weighted by molar-refractivity contribution is 0.1000. The molecule has 0 bridgehead atoms. The molecule has 1 amide bonds. The van der Waals surface area contributed by atoms with Crippen LogP contribution in [0.15, 0.2) is 40.9 Å². The van der Waals surface area contributed by atoms with Crippen LogP contribution in [-0.4, -0.2) is 5.91 Å². The topological polar surface area (TPSA) is 55.1 Å². The summed E-state index contributed by atoms with van der Waals surface area (Å²) < 4.78 is 1.19. The van der Waals surface area contributed by atoms with Crippen molar-refractivity contribution < 1.29 is 4.79 Å². The molecular weight excluding hydrogens is 328 g/mol. The molecule has 0 aromatic heterocycles. The quantitative estimate of drug-likeness (QED) is 0.885. The van der Waals surface area contributed by atoms with Gasteiger partial charge in [-0.25, -0.2) is 0 Å². The molecule has 0 heterocycles. The van der Waals surface area contributed by atoms with Crippen LogP contribution in [0.25, 0.3) is 0 Å². The number of anilines is 1. The lowest BCUT2D eigenvalue weighted by Gasteiger charge is -2.18. The van der Waals surface area contributed by atoms with Crippen molar-refractivity contribution in [1.82, 2.24) is 0 Å². The number of primary amides is 1. The average Bonchev–Trinajstić information content (AvgIpc) is 2.85. The molecule has 4 heteroatoms. The van der Waals surface area contributed by atoms with Crippen LogP contribution < -0.4 is 11.1 Å². The number of rotatable bonds is 3. The summed E-state index contributed by atoms with van der Waals surface area (Å²) in [6.07, 6.45) is 2.15. The summed E-state index contributed by atoms with van der Waals surface area (Å²) in [5.41, 5.74) is 10.7. The molecule has 2 aromatic rings. The van der Waals surface area contributed by atoms with E-state index in [-0.39, 0.29) is 5.91 Å². The maximum atomic E-state index is 11.2. The van der Waals surface area contributed by atoms with E-state index in [9.17, 15) is 4.79 Å². The van der Waals surface area contributed by atoms with Gasteiger partial charge in [-0.1, -0.05) is 28.1 Å². The van der Waals surface area contributed by atoms with Crippen LogP contribution in [0, 0.1) is 6.92 Å². The molecule has 0 saturated carbocycles. The second-order valence-electron chi connectivity index (χ2n) is 5.44. The number of nitrogens with one attached hydrogen (secondary N) is 1. The average molecular weight is 345 g/mol. The summed E-state index contributed by atoms with van der Waals surface area (Å²) in [5, 5.41) is 3.59. The zero-order valence-corrected chi connectivity index (χ0v) is 13.4. The van der Waals surface area contributed by atoms with Crippen LogP contribution in [0.1, 0.15) is 39.5 Å². The molecule has 0 aliphatic heterocycles. The number of amides is 1. The summed E-state index contributed by atoms with van der Waals surface area (Å²) in [6.45, 7) is 1.99. The lowest BCUT2D eigenvalue weighted by atomic mass is 10.1. The molecule has 1 atom stereocenters. The van der Waals surface area contributed by atoms with Crippen LogP contribution in [0.2, 0.25) is 0 Å². The van der Waals surface area contributed by atoms with Gasteiger partial charge in [0.25, 0.3) is 0 Å². The van der Waals surface area contributed by atoms with Crippen molar-refractivity contribution in [3.05, 3.63) is 63.1 Å². The van der Waals surface area contributed by atoms with Crippen LogP contribution in [-0.2, 0) is 6.42 Å². The van der Waals surface area contributed by atoms with E-state index in [1.807, 2.05) is 19.1 Å². The Morgan fingerprint density at radius 2 is 2.14 bits per heavy atom. The number of fused-ring (bicyclic) bond motifs is 1. The fourth-order valence-electron chi connectivity index (χ4n) is 2.93. The molecule has 3 nitrogen and oxygen atoms in total. The zero-order valence-electron chi connectivity index (χ0n) is 11.8. The van der Waals surface area contributed by atoms with Gasteiger partial charge in [0.15, 0.2) is 0 Å². The van der Waals surface area contributed by atoms with E-state index < -0.39 is 0 Å². The normalized spacial score (nSPS) is 16.6. The third kappa shape index (κ3) is 2.68. The fraction of sp³-hybridized carbons (Fsp3) is 0.235. The predicted octanol–water partition coefficient (Wildman–Crippen LogP) is 3.96. The summed E-state index contributed by atoms with van der Waals surface area (Å²) in [6, 6.07) is 12.2. The molecule has 3 N–H and O–H groups in total. The monoisotopic (exact) mass is 344 g/mol. The Balaban J connectivity index is 1.86. The van der Waals surface area contributed by atoms with E-state index in [1.165, 1.54) is 15.6 Å². The van der Waals surface area contributed by atoms with Gasteiger partial charge in [0.2, 0.25) is 5.91 Å². The van der Waals surface area contributed by atoms with Crippen molar-refractivity contribution in [2.75, 3.05) is 5.32 Å². The van der Waals surface area contributed by atoms with Crippen LogP contribution >= 0.6 is 15.9 Å². The van der Waals surface area contributed by atoms with Gasteiger partial charge in [0, 0.05) is 15.7 Å². The first kappa shape index (κ1) is 14.1. The van der Waals surface area contributed by atoms with Gasteiger partial charge in [0.1, 0.15) is 0 Å². The fourth-order valence-corrected chi connectivity index (χ4v) is 3.51. The standard InChI is InChI=1S/C17H17BrN2O/c1-10-9-11(17(19)21)5-7-15(10)20-16-8-6-12-13(16)3-2-4-14(12)18/h2-5,7,9,16,20H,6,8H2,1H3,(H2,19,21). The Labute approximate surface area is 132 Å². The van der Waals surface area contributed by atoms with E-state index in [0.717, 1.165) is 24.1 Å². The van der Waals surface area contributed by atoms with Crippen LogP contribution in [0.5, 0.6) is 0 Å². The Kier molecular flexibility index (Phi) is 3.72. The second kappa shape index (κ2) is 5.53. The van der Waals surface area contributed by atoms with Gasteiger partial charge in [-0.05, 0) is 60.7 Å². The second-order valence-corrected chi connectivity index (χ2v) is 6.29. The third-order valence-corrected chi connectivity index (χ3v) is 4.80. The highest BCUT2D eigenvalue weighted by Gasteiger charge is 2.24. The SMILES string of the molecule is Cc1cc(C(N)=O)ccc1NC1CCc2c(Br)cccc21. The number of aryl methyl sites for hydroxylation is 1. The van der Waals surface area contributed by atoms with Gasteiger partial charge in [-0.3, -0.25) is 4.79 Å². The first-order valence-corrected chi connectivity index (χ1v) is 7.80. The third-order valence-electron chi connectivity index (χ3n) is 4.05. The number of carbonyl (C=O) groups is 1. The molecule has 0 saturated heterocycles. The highest BCUT2D eigenvalue weighted by molar-refractivity contribution is 9.10. The van der Waals surface area contributed by atoms with Crippen molar-refractivity contribution >= 4 is 27.5 Å². The highest BCUT2D eigenvalue weighted by atomic mass is 79.9. The number of hydrogen-bond donors (Lipinski definition) is 2. The molecule has 21 heavy (non-hydrogen) atoms. The smallest absolute Gasteiger partial charge is 0.248 e. The summed E-state index contributed by atoms with van der Waals surface area (Å²) >= 11 is 3.62. The van der Waals surface area contributed by atoms with Crippen LogP contribution in [0.3, 0.4) is 0 Å². The Morgan fingerprint density at radius 3 is 2.86 bits per heavy atom. The van der Waals surface area contributed by atoms with E-state index in [4.69, 9.17) is 5.73 Å². The summed E-state index contributed by atoms with van der Waals surface area (Å²) in [5.74, 6) is -0.389. The molecule has 0 spiro atoms. The van der Waals surface area contributed by atoms with Crippen molar-refractivity contribution in [3.8, 4) is 0 Å². The first-order chi connectivity index (χ1) is 10.1. The largest absolute Gasteiger partial charge is 0.378 e. The van der Waals surface area contributed by atoms with E-state index >= 15 is 0 Å². The van der Waals surface area contributed by atoms with Gasteiger partial charge >= 0.3 is 0 Å². The Morgan fingerprint density at radius 1 is 1.33 bits per heavy atom. The molecule has 108 valence electrons. The minimum atomic E-state index is -0.389. The number of halogens is 1. The molecule has 1 aliphatic rings. The van der Waals surface area contributed by atoms with E-state index in [2.05, 4.69) is 39.4 Å². The molecule has 1 aliphatic carbocycles. The van der Waals surface area contributed by atoms with Crippen molar-refractivity contribution in [1.29, 1.82) is 0 Å². The lowest BCUT2D eigenvalue weighted by Crippen LogP contribution is -2.12. The molecule has 1 unspecified atom stereocenters. The molecule has 0 radical (unpaired) electrons. The van der Waals surface area contributed by atoms with E-state index in [1.54, 1.807) is 6.07 Å². The van der Waals surface area contributed by atoms with Gasteiger partial charge in [0.05, 0.1) is 6.04 Å². The molecular formula is C17H17BrN2O. The van der Waals surface area contributed by atoms with Gasteiger partial charge in [-0.2, -0.15) is 0 Å². The highest BCUT2D eigenvalue weighted by Crippen LogP contribution is 2.38. The minimum absolute atomic E-state index is 0.315. The first-order valence-electron chi connectivity index (χ1n) is 7.00.